The zero-order valence-electron chi connectivity index (χ0n) is 11.4. The van der Waals surface area contributed by atoms with Gasteiger partial charge in [-0.05, 0) is 12.8 Å². The molecule has 1 heterocycles. The van der Waals surface area contributed by atoms with Crippen LogP contribution in [0.4, 0.5) is 11.5 Å². The number of aromatic nitrogens is 2. The molecule has 1 aromatic heterocycles. The Kier molecular flexibility index (Phi) is 5.64. The average Bonchev–Trinajstić information content (AvgIpc) is 2.36. The Labute approximate surface area is 108 Å². The van der Waals surface area contributed by atoms with E-state index in [9.17, 15) is 0 Å². The number of ether oxygens (including phenoxy) is 2. The molecule has 0 aliphatic rings. The lowest BCUT2D eigenvalue weighted by atomic mass is 10.1. The van der Waals surface area contributed by atoms with Crippen LogP contribution in [0.1, 0.15) is 20.8 Å². The third kappa shape index (κ3) is 3.73. The molecule has 0 amide bonds. The van der Waals surface area contributed by atoms with Crippen LogP contribution >= 0.6 is 0 Å². The fourth-order valence-corrected chi connectivity index (χ4v) is 1.48. The molecule has 0 spiro atoms. The summed E-state index contributed by atoms with van der Waals surface area (Å²) >= 11 is 0. The SMILES string of the molecule is CCOCC(Nc1ncnc(OC)c1N)C(C)C. The van der Waals surface area contributed by atoms with Gasteiger partial charge in [0.1, 0.15) is 12.0 Å². The number of anilines is 2. The van der Waals surface area contributed by atoms with Crippen molar-refractivity contribution in [3.05, 3.63) is 6.33 Å². The lowest BCUT2D eigenvalue weighted by molar-refractivity contribution is 0.126. The molecule has 3 N–H and O–H groups in total. The number of nitrogens with one attached hydrogen (secondary N) is 1. The zero-order chi connectivity index (χ0) is 13.5. The molecule has 0 radical (unpaired) electrons. The van der Waals surface area contributed by atoms with E-state index in [2.05, 4.69) is 29.1 Å². The van der Waals surface area contributed by atoms with Crippen molar-refractivity contribution in [1.82, 2.24) is 9.97 Å². The topological polar surface area (TPSA) is 82.3 Å². The molecule has 1 atom stereocenters. The first-order valence-corrected chi connectivity index (χ1v) is 6.08. The van der Waals surface area contributed by atoms with E-state index in [1.165, 1.54) is 13.4 Å². The van der Waals surface area contributed by atoms with E-state index in [0.717, 1.165) is 0 Å². The van der Waals surface area contributed by atoms with Gasteiger partial charge >= 0.3 is 0 Å². The summed E-state index contributed by atoms with van der Waals surface area (Å²) in [6, 6.07) is 0.145. The summed E-state index contributed by atoms with van der Waals surface area (Å²) in [6.07, 6.45) is 1.43. The van der Waals surface area contributed by atoms with E-state index in [4.69, 9.17) is 15.2 Å². The maximum Gasteiger partial charge on any atom is 0.242 e. The summed E-state index contributed by atoms with van der Waals surface area (Å²) in [5.74, 6) is 1.36. The van der Waals surface area contributed by atoms with Crippen molar-refractivity contribution in [2.45, 2.75) is 26.8 Å². The Hall–Kier alpha value is -1.56. The first kappa shape index (κ1) is 14.5. The molecule has 6 heteroatoms. The smallest absolute Gasteiger partial charge is 0.242 e. The second-order valence-electron chi connectivity index (χ2n) is 4.30. The van der Waals surface area contributed by atoms with E-state index in [0.29, 0.717) is 36.5 Å². The number of methoxy groups -OCH3 is 1. The number of hydrogen-bond acceptors (Lipinski definition) is 6. The lowest BCUT2D eigenvalue weighted by Gasteiger charge is -2.23. The van der Waals surface area contributed by atoms with Crippen molar-refractivity contribution in [1.29, 1.82) is 0 Å². The minimum absolute atomic E-state index is 0.145. The second-order valence-corrected chi connectivity index (χ2v) is 4.30. The number of nitrogens with two attached hydrogens (primary N) is 1. The van der Waals surface area contributed by atoms with E-state index in [1.54, 1.807) is 0 Å². The molecule has 0 bridgehead atoms. The Morgan fingerprint density at radius 3 is 2.67 bits per heavy atom. The maximum absolute atomic E-state index is 5.92. The Balaban J connectivity index is 2.80. The average molecular weight is 254 g/mol. The molecule has 1 unspecified atom stereocenters. The van der Waals surface area contributed by atoms with E-state index >= 15 is 0 Å². The van der Waals surface area contributed by atoms with Gasteiger partial charge in [-0.2, -0.15) is 4.98 Å². The molecule has 18 heavy (non-hydrogen) atoms. The standard InChI is InChI=1S/C12H22N4O2/c1-5-18-6-9(8(2)3)16-11-10(13)12(17-4)15-7-14-11/h7-9H,5-6,13H2,1-4H3,(H,14,15,16). The summed E-state index contributed by atoms with van der Waals surface area (Å²) in [6.45, 7) is 7.50. The van der Waals surface area contributed by atoms with E-state index < -0.39 is 0 Å². The monoisotopic (exact) mass is 254 g/mol. The van der Waals surface area contributed by atoms with Crippen molar-refractivity contribution in [3.8, 4) is 5.88 Å². The van der Waals surface area contributed by atoms with Gasteiger partial charge in [0.15, 0.2) is 5.82 Å². The third-order valence-electron chi connectivity index (χ3n) is 2.67. The first-order valence-electron chi connectivity index (χ1n) is 6.08. The molecule has 0 saturated heterocycles. The van der Waals surface area contributed by atoms with Crippen molar-refractivity contribution in [2.24, 2.45) is 5.92 Å². The Morgan fingerprint density at radius 2 is 2.11 bits per heavy atom. The van der Waals surface area contributed by atoms with Crippen molar-refractivity contribution in [3.63, 3.8) is 0 Å². The van der Waals surface area contributed by atoms with Crippen LogP contribution < -0.4 is 15.8 Å². The lowest BCUT2D eigenvalue weighted by Crippen LogP contribution is -2.31. The molecule has 0 aliphatic heterocycles. The fourth-order valence-electron chi connectivity index (χ4n) is 1.48. The summed E-state index contributed by atoms with van der Waals surface area (Å²) < 4.78 is 10.5. The van der Waals surface area contributed by atoms with Gasteiger partial charge in [-0.15, -0.1) is 0 Å². The third-order valence-corrected chi connectivity index (χ3v) is 2.67. The van der Waals surface area contributed by atoms with Gasteiger partial charge in [-0.25, -0.2) is 4.98 Å². The van der Waals surface area contributed by atoms with Crippen LogP contribution in [0.5, 0.6) is 5.88 Å². The van der Waals surface area contributed by atoms with Gasteiger partial charge in [-0.3, -0.25) is 0 Å². The second kappa shape index (κ2) is 7.00. The van der Waals surface area contributed by atoms with Gasteiger partial charge in [-0.1, -0.05) is 13.8 Å². The normalized spacial score (nSPS) is 12.5. The Morgan fingerprint density at radius 1 is 1.39 bits per heavy atom. The number of nitrogens with zero attached hydrogens (tertiary/aromatic N) is 2. The van der Waals surface area contributed by atoms with E-state index in [-0.39, 0.29) is 6.04 Å². The predicted molar refractivity (Wildman–Crippen MR) is 71.7 cm³/mol. The maximum atomic E-state index is 5.92. The predicted octanol–water partition coefficient (Wildman–Crippen LogP) is 1.54. The minimum atomic E-state index is 0.145. The molecule has 0 aliphatic carbocycles. The van der Waals surface area contributed by atoms with Crippen molar-refractivity contribution < 1.29 is 9.47 Å². The molecule has 0 aromatic carbocycles. The molecule has 1 aromatic rings. The van der Waals surface area contributed by atoms with Crippen LogP contribution in [0.3, 0.4) is 0 Å². The van der Waals surface area contributed by atoms with Gasteiger partial charge < -0.3 is 20.5 Å². The quantitative estimate of drug-likeness (QED) is 0.768. The molecule has 0 saturated carbocycles. The van der Waals surface area contributed by atoms with Crippen LogP contribution in [0, 0.1) is 5.92 Å². The minimum Gasteiger partial charge on any atom is -0.479 e. The van der Waals surface area contributed by atoms with Crippen LogP contribution in [-0.2, 0) is 4.74 Å². The molecule has 0 fully saturated rings. The van der Waals surface area contributed by atoms with Crippen LogP contribution in [0.15, 0.2) is 6.33 Å². The summed E-state index contributed by atoms with van der Waals surface area (Å²) in [5, 5.41) is 3.28. The van der Waals surface area contributed by atoms with E-state index in [1.807, 2.05) is 6.92 Å². The van der Waals surface area contributed by atoms with Gasteiger partial charge in [0, 0.05) is 6.61 Å². The highest BCUT2D eigenvalue weighted by atomic mass is 16.5. The zero-order valence-corrected chi connectivity index (χ0v) is 11.4. The van der Waals surface area contributed by atoms with Gasteiger partial charge in [0.05, 0.1) is 19.8 Å². The largest absolute Gasteiger partial charge is 0.479 e. The highest BCUT2D eigenvalue weighted by Gasteiger charge is 2.17. The van der Waals surface area contributed by atoms with Gasteiger partial charge in [0.25, 0.3) is 0 Å². The molecular formula is C12H22N4O2. The van der Waals surface area contributed by atoms with Crippen LogP contribution in [-0.4, -0.2) is 36.3 Å². The summed E-state index contributed by atoms with van der Waals surface area (Å²) in [5.41, 5.74) is 6.34. The molecule has 102 valence electrons. The number of hydrogen-bond donors (Lipinski definition) is 2. The molecular weight excluding hydrogens is 232 g/mol. The van der Waals surface area contributed by atoms with Crippen LogP contribution in [0.25, 0.3) is 0 Å². The first-order chi connectivity index (χ1) is 8.60. The molecule has 6 nitrogen and oxygen atoms in total. The number of rotatable bonds is 7. The summed E-state index contributed by atoms with van der Waals surface area (Å²) in [4.78, 5) is 8.08. The highest BCUT2D eigenvalue weighted by Crippen LogP contribution is 2.25. The Bertz CT molecular complexity index is 371. The molecule has 1 rings (SSSR count). The van der Waals surface area contributed by atoms with Crippen LogP contribution in [0.2, 0.25) is 0 Å². The summed E-state index contributed by atoms with van der Waals surface area (Å²) in [7, 11) is 1.53. The van der Waals surface area contributed by atoms with Gasteiger partial charge in [0.2, 0.25) is 5.88 Å². The number of nitrogen functional groups attached to an aromatic ring is 1. The van der Waals surface area contributed by atoms with Crippen molar-refractivity contribution >= 4 is 11.5 Å². The van der Waals surface area contributed by atoms with Crippen molar-refractivity contribution in [2.75, 3.05) is 31.4 Å². The highest BCUT2D eigenvalue weighted by molar-refractivity contribution is 5.66. The fraction of sp³-hybridized carbons (Fsp3) is 0.667.